The molecule has 1 aromatic rings. The molecule has 2 N–H and O–H groups in total. The van der Waals surface area contributed by atoms with Gasteiger partial charge in [0, 0.05) is 18.8 Å². The molecule has 0 amide bonds. The lowest BCUT2D eigenvalue weighted by molar-refractivity contribution is 0.00463. The molecule has 0 aromatic carbocycles. The number of hydrogen-bond acceptors (Lipinski definition) is 3. The maximum Gasteiger partial charge on any atom is 0.177 e. The van der Waals surface area contributed by atoms with E-state index < -0.39 is 0 Å². The minimum absolute atomic E-state index is 0.0267. The minimum atomic E-state index is 0.0267. The number of aliphatic hydroxyl groups excluding tert-OH is 1. The van der Waals surface area contributed by atoms with E-state index in [-0.39, 0.29) is 12.7 Å². The number of aromatic nitrogens is 2. The van der Waals surface area contributed by atoms with Crippen molar-refractivity contribution in [2.45, 2.75) is 38.5 Å². The van der Waals surface area contributed by atoms with Crippen molar-refractivity contribution in [1.29, 1.82) is 0 Å². The van der Waals surface area contributed by atoms with E-state index in [1.807, 2.05) is 4.57 Å². The summed E-state index contributed by atoms with van der Waals surface area (Å²) in [6.45, 7) is 2.86. The third-order valence-electron chi connectivity index (χ3n) is 2.88. The molecule has 1 fully saturated rings. The second-order valence-corrected chi connectivity index (χ2v) is 4.36. The summed E-state index contributed by atoms with van der Waals surface area (Å²) in [5.74, 6) is 0. The van der Waals surface area contributed by atoms with Gasteiger partial charge in [0.1, 0.15) is 0 Å². The molecule has 2 unspecified atom stereocenters. The fraction of sp³-hybridized carbons (Fsp3) is 0.700. The summed E-state index contributed by atoms with van der Waals surface area (Å²) in [4.78, 5) is 2.98. The third kappa shape index (κ3) is 2.14. The van der Waals surface area contributed by atoms with Crippen molar-refractivity contribution in [3.8, 4) is 0 Å². The minimum Gasteiger partial charge on any atom is -0.390 e. The molecule has 0 spiro atoms. The molecular weight excluding hydrogens is 212 g/mol. The van der Waals surface area contributed by atoms with Crippen LogP contribution in [0, 0.1) is 4.77 Å². The van der Waals surface area contributed by atoms with Gasteiger partial charge in [0.2, 0.25) is 0 Å². The number of nitrogens with zero attached hydrogens (tertiary/aromatic N) is 1. The highest BCUT2D eigenvalue weighted by atomic mass is 32.1. The van der Waals surface area contributed by atoms with Gasteiger partial charge in [-0.15, -0.1) is 0 Å². The van der Waals surface area contributed by atoms with Crippen LogP contribution in [0.3, 0.4) is 0 Å². The third-order valence-corrected chi connectivity index (χ3v) is 3.19. The van der Waals surface area contributed by atoms with Gasteiger partial charge in [0.05, 0.1) is 18.4 Å². The van der Waals surface area contributed by atoms with Crippen molar-refractivity contribution in [2.24, 2.45) is 0 Å². The van der Waals surface area contributed by atoms with Gasteiger partial charge in [0.25, 0.3) is 0 Å². The van der Waals surface area contributed by atoms with E-state index in [1.165, 1.54) is 0 Å². The molecule has 0 radical (unpaired) electrons. The Morgan fingerprint density at radius 3 is 3.20 bits per heavy atom. The number of ether oxygens (including phenoxy) is 1. The predicted molar refractivity (Wildman–Crippen MR) is 59.2 cm³/mol. The van der Waals surface area contributed by atoms with E-state index in [0.717, 1.165) is 25.1 Å². The Balaban J connectivity index is 2.27. The maximum atomic E-state index is 9.21. The summed E-state index contributed by atoms with van der Waals surface area (Å²) in [5, 5.41) is 9.21. The van der Waals surface area contributed by atoms with Crippen LogP contribution in [0.5, 0.6) is 0 Å². The quantitative estimate of drug-likeness (QED) is 0.759. The van der Waals surface area contributed by atoms with E-state index in [9.17, 15) is 5.11 Å². The van der Waals surface area contributed by atoms with Crippen LogP contribution in [-0.4, -0.2) is 27.4 Å². The van der Waals surface area contributed by atoms with E-state index in [0.29, 0.717) is 10.8 Å². The number of aliphatic hydroxyl groups is 1. The van der Waals surface area contributed by atoms with Gasteiger partial charge in [-0.25, -0.2) is 0 Å². The molecule has 15 heavy (non-hydrogen) atoms. The van der Waals surface area contributed by atoms with Gasteiger partial charge in [-0.3, -0.25) is 0 Å². The molecule has 1 saturated heterocycles. The van der Waals surface area contributed by atoms with Crippen LogP contribution in [-0.2, 0) is 11.3 Å². The smallest absolute Gasteiger partial charge is 0.177 e. The molecule has 4 nitrogen and oxygen atoms in total. The standard InChI is InChI=1S/C10H16N2O2S/c1-7-4-8(2-3-14-7)12-9(6-13)5-11-10(12)15/h5,7-8,13H,2-4,6H2,1H3,(H,11,15). The van der Waals surface area contributed by atoms with Gasteiger partial charge in [-0.05, 0) is 32.0 Å². The molecular formula is C10H16N2O2S. The Morgan fingerprint density at radius 2 is 2.53 bits per heavy atom. The predicted octanol–water partition coefficient (Wildman–Crippen LogP) is 1.78. The molecule has 2 rings (SSSR count). The number of imidazole rings is 1. The highest BCUT2D eigenvalue weighted by Gasteiger charge is 2.22. The zero-order valence-electron chi connectivity index (χ0n) is 8.77. The highest BCUT2D eigenvalue weighted by Crippen LogP contribution is 2.26. The van der Waals surface area contributed by atoms with Crippen molar-refractivity contribution in [3.05, 3.63) is 16.7 Å². The lowest BCUT2D eigenvalue weighted by atomic mass is 10.0. The first kappa shape index (κ1) is 10.9. The molecule has 1 aliphatic heterocycles. The number of rotatable bonds is 2. The Bertz CT molecular complexity index is 385. The lowest BCUT2D eigenvalue weighted by Gasteiger charge is -2.29. The van der Waals surface area contributed by atoms with E-state index in [4.69, 9.17) is 17.0 Å². The Kier molecular flexibility index (Phi) is 3.23. The fourth-order valence-corrected chi connectivity index (χ4v) is 2.47. The largest absolute Gasteiger partial charge is 0.390 e. The molecule has 1 aliphatic rings. The van der Waals surface area contributed by atoms with Crippen LogP contribution in [0.25, 0.3) is 0 Å². The first-order valence-electron chi connectivity index (χ1n) is 5.23. The van der Waals surface area contributed by atoms with Crippen LogP contribution in [0.2, 0.25) is 0 Å². The topological polar surface area (TPSA) is 50.2 Å². The normalized spacial score (nSPS) is 26.8. The maximum absolute atomic E-state index is 9.21. The van der Waals surface area contributed by atoms with Crippen molar-refractivity contribution >= 4 is 12.2 Å². The fourth-order valence-electron chi connectivity index (χ4n) is 2.15. The van der Waals surface area contributed by atoms with Crippen LogP contribution < -0.4 is 0 Å². The number of hydrogen-bond donors (Lipinski definition) is 2. The second-order valence-electron chi connectivity index (χ2n) is 3.97. The summed E-state index contributed by atoms with van der Waals surface area (Å²) in [6, 6.07) is 0.356. The molecule has 5 heteroatoms. The zero-order chi connectivity index (χ0) is 10.8. The van der Waals surface area contributed by atoms with Gasteiger partial charge in [0.15, 0.2) is 4.77 Å². The summed E-state index contributed by atoms with van der Waals surface area (Å²) in [5.41, 5.74) is 0.860. The van der Waals surface area contributed by atoms with Crippen molar-refractivity contribution in [2.75, 3.05) is 6.61 Å². The van der Waals surface area contributed by atoms with Gasteiger partial charge in [-0.1, -0.05) is 0 Å². The highest BCUT2D eigenvalue weighted by molar-refractivity contribution is 7.71. The summed E-state index contributed by atoms with van der Waals surface area (Å²) < 4.78 is 8.21. The van der Waals surface area contributed by atoms with E-state index in [2.05, 4.69) is 11.9 Å². The molecule has 2 heterocycles. The average molecular weight is 228 g/mol. The summed E-state index contributed by atoms with van der Waals surface area (Å²) >= 11 is 5.21. The zero-order valence-corrected chi connectivity index (χ0v) is 9.59. The molecule has 1 aromatic heterocycles. The van der Waals surface area contributed by atoms with Crippen LogP contribution in [0.15, 0.2) is 6.20 Å². The van der Waals surface area contributed by atoms with Crippen molar-refractivity contribution < 1.29 is 9.84 Å². The van der Waals surface area contributed by atoms with Gasteiger partial charge in [-0.2, -0.15) is 0 Å². The second kappa shape index (κ2) is 4.47. The Hall–Kier alpha value is -0.650. The summed E-state index contributed by atoms with van der Waals surface area (Å²) in [7, 11) is 0. The van der Waals surface area contributed by atoms with E-state index >= 15 is 0 Å². The van der Waals surface area contributed by atoms with Crippen LogP contribution in [0.1, 0.15) is 31.5 Å². The molecule has 0 aliphatic carbocycles. The molecule has 2 atom stereocenters. The number of aromatic amines is 1. The first-order valence-corrected chi connectivity index (χ1v) is 5.64. The number of H-pyrrole nitrogens is 1. The van der Waals surface area contributed by atoms with Crippen LogP contribution >= 0.6 is 12.2 Å². The molecule has 0 bridgehead atoms. The van der Waals surface area contributed by atoms with Gasteiger partial charge < -0.3 is 19.4 Å². The lowest BCUT2D eigenvalue weighted by Crippen LogP contribution is -2.26. The SMILES string of the molecule is CC1CC(n2c(CO)c[nH]c2=S)CCO1. The Labute approximate surface area is 93.9 Å². The summed E-state index contributed by atoms with van der Waals surface area (Å²) in [6.07, 6.45) is 3.97. The number of nitrogens with one attached hydrogen (secondary N) is 1. The van der Waals surface area contributed by atoms with Crippen molar-refractivity contribution in [3.63, 3.8) is 0 Å². The van der Waals surface area contributed by atoms with Crippen molar-refractivity contribution in [1.82, 2.24) is 9.55 Å². The van der Waals surface area contributed by atoms with E-state index in [1.54, 1.807) is 6.20 Å². The Morgan fingerprint density at radius 1 is 1.73 bits per heavy atom. The average Bonchev–Trinajstić information content (AvgIpc) is 2.59. The van der Waals surface area contributed by atoms with Gasteiger partial charge >= 0.3 is 0 Å². The van der Waals surface area contributed by atoms with Crippen LogP contribution in [0.4, 0.5) is 0 Å². The first-order chi connectivity index (χ1) is 7.22. The monoisotopic (exact) mass is 228 g/mol. The molecule has 84 valence electrons. The molecule has 0 saturated carbocycles.